The zero-order valence-electron chi connectivity index (χ0n) is 10.8. The van der Waals surface area contributed by atoms with E-state index in [1.54, 1.807) is 7.11 Å². The van der Waals surface area contributed by atoms with Crippen LogP contribution in [0.5, 0.6) is 5.75 Å². The van der Waals surface area contributed by atoms with Crippen LogP contribution in [0, 0.1) is 0 Å². The first-order chi connectivity index (χ1) is 9.19. The number of imidazole rings is 1. The Bertz CT molecular complexity index is 609. The van der Waals surface area contributed by atoms with Crippen molar-refractivity contribution in [1.82, 2.24) is 9.55 Å². The van der Waals surface area contributed by atoms with Crippen LogP contribution in [0.2, 0.25) is 0 Å². The van der Waals surface area contributed by atoms with Gasteiger partial charge < -0.3 is 15.0 Å². The standard InChI is InChI=1S/C14H16BrN3O/c1-19-11-4-2-3-9(7-11)13-12-6-5-10(16)8-18(12)14(15)17-13/h2-4,7,10H,5-6,8,16H2,1H3. The predicted octanol–water partition coefficient (Wildman–Crippen LogP) is 2.59. The minimum absolute atomic E-state index is 0.219. The molecule has 0 saturated heterocycles. The van der Waals surface area contributed by atoms with Crippen LogP contribution in [0.3, 0.4) is 0 Å². The van der Waals surface area contributed by atoms with Crippen LogP contribution in [0.1, 0.15) is 12.1 Å². The van der Waals surface area contributed by atoms with Gasteiger partial charge in [0.2, 0.25) is 0 Å². The molecule has 100 valence electrons. The molecular formula is C14H16BrN3O. The van der Waals surface area contributed by atoms with E-state index in [9.17, 15) is 0 Å². The molecule has 3 rings (SSSR count). The number of nitrogens with zero attached hydrogens (tertiary/aromatic N) is 2. The van der Waals surface area contributed by atoms with Gasteiger partial charge in [-0.05, 0) is 40.9 Å². The fraction of sp³-hybridized carbons (Fsp3) is 0.357. The average molecular weight is 322 g/mol. The molecule has 2 N–H and O–H groups in total. The van der Waals surface area contributed by atoms with E-state index in [1.807, 2.05) is 18.2 Å². The number of hydrogen-bond donors (Lipinski definition) is 1. The molecule has 2 aromatic rings. The van der Waals surface area contributed by atoms with E-state index in [2.05, 4.69) is 31.5 Å². The number of methoxy groups -OCH3 is 1. The molecular weight excluding hydrogens is 306 g/mol. The summed E-state index contributed by atoms with van der Waals surface area (Å²) < 4.78 is 8.30. The SMILES string of the molecule is COc1cccc(-c2nc(Br)n3c2CCC(N)C3)c1. The summed E-state index contributed by atoms with van der Waals surface area (Å²) in [7, 11) is 1.68. The highest BCUT2D eigenvalue weighted by Crippen LogP contribution is 2.32. The Labute approximate surface area is 120 Å². The lowest BCUT2D eigenvalue weighted by atomic mass is 10.0. The van der Waals surface area contributed by atoms with Crippen LogP contribution in [-0.4, -0.2) is 22.7 Å². The smallest absolute Gasteiger partial charge is 0.177 e. The number of nitrogens with two attached hydrogens (primary N) is 1. The normalized spacial score (nSPS) is 18.2. The van der Waals surface area contributed by atoms with E-state index < -0.39 is 0 Å². The fourth-order valence-corrected chi connectivity index (χ4v) is 3.08. The second kappa shape index (κ2) is 4.98. The van der Waals surface area contributed by atoms with Crippen LogP contribution in [0.25, 0.3) is 11.3 Å². The maximum Gasteiger partial charge on any atom is 0.177 e. The third-order valence-corrected chi connectivity index (χ3v) is 4.14. The van der Waals surface area contributed by atoms with Gasteiger partial charge in [-0.1, -0.05) is 12.1 Å². The third-order valence-electron chi connectivity index (χ3n) is 3.54. The summed E-state index contributed by atoms with van der Waals surface area (Å²) in [6, 6.07) is 8.23. The molecule has 0 bridgehead atoms. The van der Waals surface area contributed by atoms with Gasteiger partial charge in [0.15, 0.2) is 4.73 Å². The molecule has 0 fully saturated rings. The van der Waals surface area contributed by atoms with E-state index in [4.69, 9.17) is 10.5 Å². The van der Waals surface area contributed by atoms with E-state index in [1.165, 1.54) is 5.69 Å². The first-order valence-electron chi connectivity index (χ1n) is 6.34. The Morgan fingerprint density at radius 3 is 3.11 bits per heavy atom. The summed E-state index contributed by atoms with van der Waals surface area (Å²) in [4.78, 5) is 4.64. The lowest BCUT2D eigenvalue weighted by Gasteiger charge is -2.22. The van der Waals surface area contributed by atoms with Crippen molar-refractivity contribution in [2.75, 3.05) is 7.11 Å². The maximum absolute atomic E-state index is 6.02. The summed E-state index contributed by atoms with van der Waals surface area (Å²) >= 11 is 3.53. The lowest BCUT2D eigenvalue weighted by molar-refractivity contribution is 0.415. The molecule has 0 amide bonds. The molecule has 1 aliphatic rings. The molecule has 0 saturated carbocycles. The Balaban J connectivity index is 2.08. The summed E-state index contributed by atoms with van der Waals surface area (Å²) in [6.07, 6.45) is 1.97. The number of ether oxygens (including phenoxy) is 1. The van der Waals surface area contributed by atoms with Crippen LogP contribution < -0.4 is 10.5 Å². The molecule has 0 aliphatic carbocycles. The Hall–Kier alpha value is -1.33. The van der Waals surface area contributed by atoms with Gasteiger partial charge in [0.05, 0.1) is 12.8 Å². The van der Waals surface area contributed by atoms with Gasteiger partial charge in [-0.15, -0.1) is 0 Å². The molecule has 4 nitrogen and oxygen atoms in total. The van der Waals surface area contributed by atoms with Gasteiger partial charge in [0.25, 0.3) is 0 Å². The van der Waals surface area contributed by atoms with Crippen LogP contribution in [0.15, 0.2) is 29.0 Å². The quantitative estimate of drug-likeness (QED) is 0.925. The molecule has 2 heterocycles. The number of rotatable bonds is 2. The number of fused-ring (bicyclic) bond motifs is 1. The summed E-state index contributed by atoms with van der Waals surface area (Å²) in [5, 5.41) is 0. The van der Waals surface area contributed by atoms with Crippen molar-refractivity contribution < 1.29 is 4.74 Å². The zero-order chi connectivity index (χ0) is 13.4. The van der Waals surface area contributed by atoms with Crippen LogP contribution in [0.4, 0.5) is 0 Å². The second-order valence-electron chi connectivity index (χ2n) is 4.82. The van der Waals surface area contributed by atoms with E-state index in [-0.39, 0.29) is 6.04 Å². The highest BCUT2D eigenvalue weighted by Gasteiger charge is 2.23. The molecule has 1 unspecified atom stereocenters. The number of halogens is 1. The van der Waals surface area contributed by atoms with E-state index >= 15 is 0 Å². The van der Waals surface area contributed by atoms with Crippen molar-refractivity contribution in [1.29, 1.82) is 0 Å². The first-order valence-corrected chi connectivity index (χ1v) is 7.13. The average Bonchev–Trinajstić information content (AvgIpc) is 2.76. The second-order valence-corrected chi connectivity index (χ2v) is 5.53. The largest absolute Gasteiger partial charge is 0.497 e. The molecule has 19 heavy (non-hydrogen) atoms. The number of aromatic nitrogens is 2. The molecule has 5 heteroatoms. The van der Waals surface area contributed by atoms with Gasteiger partial charge in [-0.2, -0.15) is 0 Å². The van der Waals surface area contributed by atoms with Crippen molar-refractivity contribution in [3.8, 4) is 17.0 Å². The molecule has 1 aromatic carbocycles. The maximum atomic E-state index is 6.02. The van der Waals surface area contributed by atoms with Crippen molar-refractivity contribution >= 4 is 15.9 Å². The molecule has 1 aromatic heterocycles. The molecule has 1 aliphatic heterocycles. The van der Waals surface area contributed by atoms with Gasteiger partial charge in [-0.25, -0.2) is 4.98 Å². The Kier molecular flexibility index (Phi) is 3.33. The van der Waals surface area contributed by atoms with Gasteiger partial charge >= 0.3 is 0 Å². The van der Waals surface area contributed by atoms with Gasteiger partial charge in [0, 0.05) is 23.8 Å². The molecule has 0 radical (unpaired) electrons. The van der Waals surface area contributed by atoms with Gasteiger partial charge in [0.1, 0.15) is 5.75 Å². The fourth-order valence-electron chi connectivity index (χ4n) is 2.54. The minimum Gasteiger partial charge on any atom is -0.497 e. The lowest BCUT2D eigenvalue weighted by Crippen LogP contribution is -2.31. The zero-order valence-corrected chi connectivity index (χ0v) is 12.4. The van der Waals surface area contributed by atoms with Crippen molar-refractivity contribution in [3.05, 3.63) is 34.7 Å². The monoisotopic (exact) mass is 321 g/mol. The van der Waals surface area contributed by atoms with Gasteiger partial charge in [-0.3, -0.25) is 0 Å². The summed E-state index contributed by atoms with van der Waals surface area (Å²) in [5.74, 6) is 0.850. The third kappa shape index (κ3) is 2.28. The highest BCUT2D eigenvalue weighted by atomic mass is 79.9. The number of hydrogen-bond acceptors (Lipinski definition) is 3. The summed E-state index contributed by atoms with van der Waals surface area (Å²) in [5.41, 5.74) is 9.39. The topological polar surface area (TPSA) is 53.1 Å². The van der Waals surface area contributed by atoms with Crippen LogP contribution >= 0.6 is 15.9 Å². The minimum atomic E-state index is 0.219. The Morgan fingerprint density at radius 2 is 2.32 bits per heavy atom. The highest BCUT2D eigenvalue weighted by molar-refractivity contribution is 9.10. The Morgan fingerprint density at radius 1 is 1.47 bits per heavy atom. The molecule has 0 spiro atoms. The predicted molar refractivity (Wildman–Crippen MR) is 78.2 cm³/mol. The summed E-state index contributed by atoms with van der Waals surface area (Å²) in [6.45, 7) is 0.826. The first kappa shape index (κ1) is 12.7. The van der Waals surface area contributed by atoms with E-state index in [0.717, 1.165) is 41.1 Å². The van der Waals surface area contributed by atoms with Crippen LogP contribution in [-0.2, 0) is 13.0 Å². The van der Waals surface area contributed by atoms with Crippen molar-refractivity contribution in [3.63, 3.8) is 0 Å². The van der Waals surface area contributed by atoms with E-state index in [0.29, 0.717) is 0 Å². The number of benzene rings is 1. The van der Waals surface area contributed by atoms with Crippen molar-refractivity contribution in [2.45, 2.75) is 25.4 Å². The van der Waals surface area contributed by atoms with Crippen molar-refractivity contribution in [2.24, 2.45) is 5.73 Å². The molecule has 1 atom stereocenters.